The lowest BCUT2D eigenvalue weighted by Crippen LogP contribution is -2.15. The second kappa shape index (κ2) is 8.86. The van der Waals surface area contributed by atoms with Crippen molar-refractivity contribution in [3.63, 3.8) is 0 Å². The highest BCUT2D eigenvalue weighted by Crippen LogP contribution is 2.32. The number of aromatic nitrogens is 1. The van der Waals surface area contributed by atoms with E-state index in [-0.39, 0.29) is 28.6 Å². The fourth-order valence-corrected chi connectivity index (χ4v) is 3.02. The molecule has 1 aromatic heterocycles. The van der Waals surface area contributed by atoms with Crippen LogP contribution in [-0.4, -0.2) is 16.8 Å². The number of primary amides is 1. The van der Waals surface area contributed by atoms with Crippen molar-refractivity contribution < 1.29 is 18.7 Å². The quantitative estimate of drug-likeness (QED) is 0.430. The molecule has 0 aliphatic rings. The average molecular weight is 506 g/mol. The van der Waals surface area contributed by atoms with Gasteiger partial charge in [-0.2, -0.15) is 0 Å². The number of hydrogen-bond acceptors (Lipinski definition) is 5. The van der Waals surface area contributed by atoms with Crippen LogP contribution in [0.5, 0.6) is 11.5 Å². The van der Waals surface area contributed by atoms with Gasteiger partial charge in [-0.25, -0.2) is 4.39 Å². The molecule has 0 bridgehead atoms. The van der Waals surface area contributed by atoms with Crippen LogP contribution in [0.2, 0.25) is 0 Å². The lowest BCUT2D eigenvalue weighted by atomic mass is 10.2. The van der Waals surface area contributed by atoms with E-state index in [1.807, 2.05) is 22.6 Å². The van der Waals surface area contributed by atoms with Crippen molar-refractivity contribution in [3.05, 3.63) is 69.8 Å². The van der Waals surface area contributed by atoms with Gasteiger partial charge in [0.2, 0.25) is 5.91 Å². The number of anilines is 3. The summed E-state index contributed by atoms with van der Waals surface area (Å²) in [6, 6.07) is 11.2. The van der Waals surface area contributed by atoms with Crippen LogP contribution >= 0.6 is 22.6 Å². The van der Waals surface area contributed by atoms with E-state index < -0.39 is 11.7 Å². The minimum atomic E-state index is -0.770. The molecule has 2 amide bonds. The van der Waals surface area contributed by atoms with Crippen LogP contribution in [0.25, 0.3) is 0 Å². The molecule has 0 saturated heterocycles. The number of hydrogen-bond donors (Lipinski definition) is 3. The van der Waals surface area contributed by atoms with Crippen molar-refractivity contribution in [2.75, 3.05) is 10.6 Å². The van der Waals surface area contributed by atoms with Gasteiger partial charge in [0.05, 0.1) is 23.8 Å². The van der Waals surface area contributed by atoms with Crippen LogP contribution in [0.1, 0.15) is 17.3 Å². The monoisotopic (exact) mass is 506 g/mol. The first-order valence-electron chi connectivity index (χ1n) is 8.39. The lowest BCUT2D eigenvalue weighted by Gasteiger charge is -2.15. The second-order valence-corrected chi connectivity index (χ2v) is 7.23. The number of nitrogens with one attached hydrogen (secondary N) is 2. The first-order valence-corrected chi connectivity index (χ1v) is 9.47. The summed E-state index contributed by atoms with van der Waals surface area (Å²) in [7, 11) is 0. The van der Waals surface area contributed by atoms with Gasteiger partial charge < -0.3 is 21.1 Å². The molecule has 3 aromatic rings. The summed E-state index contributed by atoms with van der Waals surface area (Å²) in [6.07, 6.45) is 2.69. The third kappa shape index (κ3) is 5.19. The van der Waals surface area contributed by atoms with Crippen molar-refractivity contribution >= 4 is 51.5 Å². The molecular weight excluding hydrogens is 490 g/mol. The second-order valence-electron chi connectivity index (χ2n) is 5.98. The van der Waals surface area contributed by atoms with Gasteiger partial charge in [0.25, 0.3) is 5.91 Å². The number of amides is 2. The molecule has 0 fully saturated rings. The maximum atomic E-state index is 14.2. The van der Waals surface area contributed by atoms with E-state index in [0.29, 0.717) is 11.4 Å². The van der Waals surface area contributed by atoms with E-state index in [1.165, 1.54) is 25.4 Å². The van der Waals surface area contributed by atoms with Crippen LogP contribution in [0.15, 0.2) is 54.9 Å². The van der Waals surface area contributed by atoms with Gasteiger partial charge in [0.1, 0.15) is 17.1 Å². The van der Waals surface area contributed by atoms with Crippen molar-refractivity contribution in [3.8, 4) is 11.5 Å². The van der Waals surface area contributed by atoms with E-state index >= 15 is 0 Å². The molecule has 7 nitrogen and oxygen atoms in total. The maximum Gasteiger partial charge on any atom is 0.254 e. The third-order valence-corrected chi connectivity index (χ3v) is 4.41. The van der Waals surface area contributed by atoms with Crippen molar-refractivity contribution in [2.24, 2.45) is 5.73 Å². The Labute approximate surface area is 179 Å². The summed E-state index contributed by atoms with van der Waals surface area (Å²) in [5.41, 5.74) is 6.45. The average Bonchev–Trinajstić information content (AvgIpc) is 2.63. The van der Waals surface area contributed by atoms with Gasteiger partial charge in [-0.3, -0.25) is 14.6 Å². The molecule has 0 aliphatic carbocycles. The Morgan fingerprint density at radius 2 is 1.93 bits per heavy atom. The van der Waals surface area contributed by atoms with Gasteiger partial charge in [-0.15, -0.1) is 0 Å². The van der Waals surface area contributed by atoms with Gasteiger partial charge >= 0.3 is 0 Å². The minimum Gasteiger partial charge on any atom is -0.455 e. The zero-order chi connectivity index (χ0) is 21.0. The molecule has 3 rings (SSSR count). The van der Waals surface area contributed by atoms with E-state index in [0.717, 1.165) is 3.57 Å². The molecule has 148 valence electrons. The topological polar surface area (TPSA) is 106 Å². The van der Waals surface area contributed by atoms with Gasteiger partial charge in [0, 0.05) is 22.2 Å². The van der Waals surface area contributed by atoms with Crippen LogP contribution < -0.4 is 21.1 Å². The molecule has 0 radical (unpaired) electrons. The Hall–Kier alpha value is -3.21. The predicted molar refractivity (Wildman–Crippen MR) is 116 cm³/mol. The third-order valence-electron chi connectivity index (χ3n) is 3.74. The summed E-state index contributed by atoms with van der Waals surface area (Å²) >= 11 is 2.00. The van der Waals surface area contributed by atoms with Crippen LogP contribution in [0.4, 0.5) is 21.5 Å². The Kier molecular flexibility index (Phi) is 6.27. The first kappa shape index (κ1) is 20.5. The van der Waals surface area contributed by atoms with E-state index in [4.69, 9.17) is 10.5 Å². The smallest absolute Gasteiger partial charge is 0.254 e. The number of ether oxygens (including phenoxy) is 1. The van der Waals surface area contributed by atoms with Gasteiger partial charge in [-0.1, -0.05) is 6.07 Å². The highest BCUT2D eigenvalue weighted by atomic mass is 127. The first-order chi connectivity index (χ1) is 13.8. The molecule has 0 spiro atoms. The van der Waals surface area contributed by atoms with Crippen LogP contribution in [0.3, 0.4) is 0 Å². The molecule has 1 heterocycles. The standard InChI is InChI=1S/C20H16FIN4O3/c1-11(27)25-13-3-2-4-14(8-13)29-18-10-24-9-17(19(18)20(23)28)26-16-6-5-12(22)7-15(16)21/h2-10,26H,1H3,(H2,23,28)(H,25,27). The van der Waals surface area contributed by atoms with Crippen molar-refractivity contribution in [2.45, 2.75) is 6.92 Å². The number of halogens is 2. The van der Waals surface area contributed by atoms with E-state index in [1.54, 1.807) is 36.4 Å². The summed E-state index contributed by atoms with van der Waals surface area (Å²) in [4.78, 5) is 27.4. The molecule has 2 aromatic carbocycles. The molecule has 9 heteroatoms. The molecule has 0 unspecified atom stereocenters. The number of pyridine rings is 1. The summed E-state index contributed by atoms with van der Waals surface area (Å²) in [5, 5.41) is 5.48. The maximum absolute atomic E-state index is 14.2. The highest BCUT2D eigenvalue weighted by Gasteiger charge is 2.18. The molecule has 29 heavy (non-hydrogen) atoms. The van der Waals surface area contributed by atoms with Crippen LogP contribution in [-0.2, 0) is 4.79 Å². The number of nitrogens with two attached hydrogens (primary N) is 1. The number of nitrogens with zero attached hydrogens (tertiary/aromatic N) is 1. The normalized spacial score (nSPS) is 10.3. The Morgan fingerprint density at radius 1 is 1.14 bits per heavy atom. The minimum absolute atomic E-state index is 0.0166. The predicted octanol–water partition coefficient (Wildman–Crippen LogP) is 4.42. The summed E-state index contributed by atoms with van der Waals surface area (Å²) < 4.78 is 20.7. The zero-order valence-corrected chi connectivity index (χ0v) is 17.4. The fraction of sp³-hybridized carbons (Fsp3) is 0.0500. The molecule has 4 N–H and O–H groups in total. The van der Waals surface area contributed by atoms with Crippen LogP contribution in [0, 0.1) is 9.39 Å². The Morgan fingerprint density at radius 3 is 2.62 bits per heavy atom. The molecule has 0 aliphatic heterocycles. The lowest BCUT2D eigenvalue weighted by molar-refractivity contribution is -0.114. The van der Waals surface area contributed by atoms with E-state index in [9.17, 15) is 14.0 Å². The van der Waals surface area contributed by atoms with Crippen molar-refractivity contribution in [1.29, 1.82) is 0 Å². The zero-order valence-electron chi connectivity index (χ0n) is 15.2. The number of benzene rings is 2. The van der Waals surface area contributed by atoms with E-state index in [2.05, 4.69) is 15.6 Å². The number of rotatable bonds is 6. The largest absolute Gasteiger partial charge is 0.455 e. The Bertz CT molecular complexity index is 1090. The molecular formula is C20H16FIN4O3. The van der Waals surface area contributed by atoms with Gasteiger partial charge in [-0.05, 0) is 52.9 Å². The number of carbonyl (C=O) groups excluding carboxylic acids is 2. The highest BCUT2D eigenvalue weighted by molar-refractivity contribution is 14.1. The van der Waals surface area contributed by atoms with Crippen molar-refractivity contribution in [1.82, 2.24) is 4.98 Å². The molecule has 0 atom stereocenters. The summed E-state index contributed by atoms with van der Waals surface area (Å²) in [6.45, 7) is 1.39. The number of carbonyl (C=O) groups is 2. The Balaban J connectivity index is 1.95. The molecule has 0 saturated carbocycles. The SMILES string of the molecule is CC(=O)Nc1cccc(Oc2cncc(Nc3ccc(I)cc3F)c2C(N)=O)c1. The summed E-state index contributed by atoms with van der Waals surface area (Å²) in [5.74, 6) is -1.03. The fourth-order valence-electron chi connectivity index (χ4n) is 2.57. The van der Waals surface area contributed by atoms with Gasteiger partial charge in [0.15, 0.2) is 5.75 Å².